The van der Waals surface area contributed by atoms with Gasteiger partial charge < -0.3 is 10.2 Å². The largest absolute Gasteiger partial charge is 0.354 e. The Morgan fingerprint density at radius 3 is 2.29 bits per heavy atom. The number of carbonyl (C=O) groups is 2. The molecule has 0 unspecified atom stereocenters. The van der Waals surface area contributed by atoms with Crippen LogP contribution in [0.3, 0.4) is 0 Å². The van der Waals surface area contributed by atoms with E-state index in [4.69, 9.17) is 11.6 Å². The van der Waals surface area contributed by atoms with Crippen LogP contribution < -0.4 is 9.62 Å². The van der Waals surface area contributed by atoms with Crippen LogP contribution in [0.2, 0.25) is 5.02 Å². The van der Waals surface area contributed by atoms with Crippen LogP contribution >= 0.6 is 11.6 Å². The average molecular weight is 556 g/mol. The molecule has 202 valence electrons. The zero-order valence-corrected chi connectivity index (χ0v) is 23.5. The number of hydrogen-bond donors (Lipinski definition) is 1. The molecule has 3 rings (SSSR count). The lowest BCUT2D eigenvalue weighted by Crippen LogP contribution is -2.53. The van der Waals surface area contributed by atoms with E-state index in [2.05, 4.69) is 5.32 Å². The zero-order chi connectivity index (χ0) is 27.7. The average Bonchev–Trinajstić information content (AvgIpc) is 2.88. The monoisotopic (exact) mass is 555 g/mol. The maximum atomic E-state index is 14.0. The number of amides is 2. The van der Waals surface area contributed by atoms with Crippen molar-refractivity contribution in [3.8, 4) is 0 Å². The van der Waals surface area contributed by atoms with Crippen LogP contribution in [0.25, 0.3) is 0 Å². The molecule has 2 amide bonds. The van der Waals surface area contributed by atoms with E-state index in [-0.39, 0.29) is 24.6 Å². The number of carbonyl (C=O) groups excluding carboxylic acids is 2. The highest BCUT2D eigenvalue weighted by Crippen LogP contribution is 2.23. The molecule has 0 aromatic heterocycles. The molecule has 9 heteroatoms. The van der Waals surface area contributed by atoms with E-state index in [1.807, 2.05) is 68.4 Å². The number of benzene rings is 3. The normalized spacial score (nSPS) is 12.0. The molecule has 0 bridgehead atoms. The van der Waals surface area contributed by atoms with Crippen molar-refractivity contribution >= 4 is 39.1 Å². The highest BCUT2D eigenvalue weighted by atomic mass is 35.5. The molecular weight excluding hydrogens is 522 g/mol. The van der Waals surface area contributed by atoms with Crippen molar-refractivity contribution in [1.29, 1.82) is 0 Å². The van der Waals surface area contributed by atoms with Crippen LogP contribution in [-0.2, 0) is 32.6 Å². The van der Waals surface area contributed by atoms with Gasteiger partial charge in [-0.05, 0) is 48.2 Å². The van der Waals surface area contributed by atoms with Crippen molar-refractivity contribution in [2.24, 2.45) is 0 Å². The minimum Gasteiger partial charge on any atom is -0.354 e. The predicted molar refractivity (Wildman–Crippen MR) is 153 cm³/mol. The second kappa shape index (κ2) is 13.4. The van der Waals surface area contributed by atoms with Crippen molar-refractivity contribution in [3.63, 3.8) is 0 Å². The summed E-state index contributed by atoms with van der Waals surface area (Å²) in [7, 11) is -3.84. The zero-order valence-electron chi connectivity index (χ0n) is 21.9. The lowest BCUT2D eigenvalue weighted by molar-refractivity contribution is -0.140. The molecule has 1 atom stereocenters. The van der Waals surface area contributed by atoms with Gasteiger partial charge in [0.1, 0.15) is 12.6 Å². The minimum atomic E-state index is -3.84. The van der Waals surface area contributed by atoms with Crippen LogP contribution in [0.15, 0.2) is 78.9 Å². The summed E-state index contributed by atoms with van der Waals surface area (Å²) >= 11 is 6.12. The van der Waals surface area contributed by atoms with E-state index >= 15 is 0 Å². The molecule has 0 radical (unpaired) electrons. The van der Waals surface area contributed by atoms with E-state index in [9.17, 15) is 18.0 Å². The molecule has 0 aliphatic rings. The lowest BCUT2D eigenvalue weighted by Gasteiger charge is -2.34. The third kappa shape index (κ3) is 8.07. The van der Waals surface area contributed by atoms with Gasteiger partial charge in [-0.15, -0.1) is 0 Å². The fourth-order valence-electron chi connectivity index (χ4n) is 4.14. The minimum absolute atomic E-state index is 0.149. The highest BCUT2D eigenvalue weighted by Gasteiger charge is 2.33. The molecular formula is C29H34ClN3O4S. The van der Waals surface area contributed by atoms with Crippen LogP contribution in [0.4, 0.5) is 5.69 Å². The fourth-order valence-corrected chi connectivity index (χ4v) is 5.16. The quantitative estimate of drug-likeness (QED) is 0.354. The molecule has 0 aliphatic carbocycles. The molecule has 0 aliphatic heterocycles. The highest BCUT2D eigenvalue weighted by molar-refractivity contribution is 7.92. The molecule has 0 saturated heterocycles. The molecule has 38 heavy (non-hydrogen) atoms. The summed E-state index contributed by atoms with van der Waals surface area (Å²) in [4.78, 5) is 29.0. The van der Waals surface area contributed by atoms with E-state index in [1.54, 1.807) is 18.2 Å². The Hall–Kier alpha value is -3.36. The third-order valence-electron chi connectivity index (χ3n) is 6.20. The van der Waals surface area contributed by atoms with Crippen molar-refractivity contribution in [1.82, 2.24) is 10.2 Å². The number of sulfonamides is 1. The van der Waals surface area contributed by atoms with Gasteiger partial charge in [0.2, 0.25) is 21.8 Å². The maximum absolute atomic E-state index is 14.0. The van der Waals surface area contributed by atoms with Crippen LogP contribution in [0.5, 0.6) is 0 Å². The number of nitrogens with zero attached hydrogens (tertiary/aromatic N) is 2. The summed E-state index contributed by atoms with van der Waals surface area (Å²) < 4.78 is 26.6. The van der Waals surface area contributed by atoms with Gasteiger partial charge in [-0.2, -0.15) is 0 Å². The van der Waals surface area contributed by atoms with E-state index in [0.29, 0.717) is 11.6 Å². The number of halogens is 1. The van der Waals surface area contributed by atoms with Crippen molar-refractivity contribution in [2.45, 2.75) is 39.3 Å². The van der Waals surface area contributed by atoms with Crippen molar-refractivity contribution in [3.05, 3.63) is 101 Å². The van der Waals surface area contributed by atoms with Crippen molar-refractivity contribution in [2.75, 3.05) is 23.7 Å². The summed E-state index contributed by atoms with van der Waals surface area (Å²) in [6, 6.07) is 22.6. The molecule has 3 aromatic carbocycles. The molecule has 0 saturated carbocycles. The summed E-state index contributed by atoms with van der Waals surface area (Å²) in [5, 5.41) is 3.28. The Morgan fingerprint density at radius 2 is 1.66 bits per heavy atom. The Morgan fingerprint density at radius 1 is 0.974 bits per heavy atom. The first-order valence-electron chi connectivity index (χ1n) is 12.5. The summed E-state index contributed by atoms with van der Waals surface area (Å²) in [6.07, 6.45) is 2.07. The number of aryl methyl sites for hydroxylation is 1. The number of nitrogens with one attached hydrogen (secondary N) is 1. The number of hydrogen-bond acceptors (Lipinski definition) is 4. The van der Waals surface area contributed by atoms with E-state index in [1.165, 1.54) is 11.0 Å². The second-order valence-electron chi connectivity index (χ2n) is 9.19. The van der Waals surface area contributed by atoms with Gasteiger partial charge in [0, 0.05) is 24.5 Å². The van der Waals surface area contributed by atoms with Crippen molar-refractivity contribution < 1.29 is 18.0 Å². The molecule has 0 heterocycles. The molecule has 0 spiro atoms. The van der Waals surface area contributed by atoms with Gasteiger partial charge in [0.25, 0.3) is 0 Å². The van der Waals surface area contributed by atoms with Gasteiger partial charge in [0.05, 0.1) is 11.9 Å². The van der Waals surface area contributed by atoms with Gasteiger partial charge in [-0.25, -0.2) is 8.42 Å². The first kappa shape index (κ1) is 29.2. The predicted octanol–water partition coefficient (Wildman–Crippen LogP) is 4.58. The molecule has 7 nitrogen and oxygen atoms in total. The SMILES string of the molecule is CCCNC(=O)[C@H](Cc1ccccc1)N(Cc1ccccc1C)C(=O)CN(c1cccc(Cl)c1)S(C)(=O)=O. The first-order chi connectivity index (χ1) is 18.1. The summed E-state index contributed by atoms with van der Waals surface area (Å²) in [6.45, 7) is 4.04. The summed E-state index contributed by atoms with van der Waals surface area (Å²) in [5.41, 5.74) is 3.00. The second-order valence-corrected chi connectivity index (χ2v) is 11.5. The Bertz CT molecular complexity index is 1350. The Kier molecular flexibility index (Phi) is 10.3. The van der Waals surface area contributed by atoms with E-state index < -0.39 is 28.5 Å². The third-order valence-corrected chi connectivity index (χ3v) is 7.57. The topological polar surface area (TPSA) is 86.8 Å². The fraction of sp³-hybridized carbons (Fsp3) is 0.310. The van der Waals surface area contributed by atoms with Gasteiger partial charge in [-0.3, -0.25) is 13.9 Å². The molecule has 3 aromatic rings. The summed E-state index contributed by atoms with van der Waals surface area (Å²) in [5.74, 6) is -0.780. The van der Waals surface area contributed by atoms with Crippen LogP contribution in [-0.4, -0.2) is 50.5 Å². The Labute approximate surface area is 230 Å². The maximum Gasteiger partial charge on any atom is 0.244 e. The van der Waals surface area contributed by atoms with Crippen LogP contribution in [0, 0.1) is 6.92 Å². The standard InChI is InChI=1S/C29H34ClN3O4S/c1-4-17-31-29(35)27(18-23-12-6-5-7-13-23)32(20-24-14-9-8-11-22(24)2)28(34)21-33(38(3,36)37)26-16-10-15-25(30)19-26/h5-16,19,27H,4,17-18,20-21H2,1-3H3,(H,31,35)/t27-/m0/s1. The van der Waals surface area contributed by atoms with Gasteiger partial charge in [-0.1, -0.05) is 79.2 Å². The Balaban J connectivity index is 2.05. The smallest absolute Gasteiger partial charge is 0.244 e. The van der Waals surface area contributed by atoms with Crippen LogP contribution in [0.1, 0.15) is 30.0 Å². The molecule has 1 N–H and O–H groups in total. The molecule has 0 fully saturated rings. The van der Waals surface area contributed by atoms with Gasteiger partial charge >= 0.3 is 0 Å². The van der Waals surface area contributed by atoms with Gasteiger partial charge in [0.15, 0.2) is 0 Å². The lowest BCUT2D eigenvalue weighted by atomic mass is 10.0. The van der Waals surface area contributed by atoms with E-state index in [0.717, 1.165) is 33.7 Å². The number of anilines is 1. The first-order valence-corrected chi connectivity index (χ1v) is 14.7. The number of rotatable bonds is 12.